The number of benzene rings is 2. The van der Waals surface area contributed by atoms with Crippen molar-refractivity contribution in [1.82, 2.24) is 10.3 Å². The maximum Gasteiger partial charge on any atom is 0.254 e. The lowest BCUT2D eigenvalue weighted by atomic mass is 10.1. The minimum atomic E-state index is -0.882. The van der Waals surface area contributed by atoms with Gasteiger partial charge in [-0.05, 0) is 17.7 Å². The molecule has 3 aromatic rings. The van der Waals surface area contributed by atoms with Crippen molar-refractivity contribution < 1.29 is 14.3 Å². The Morgan fingerprint density at radius 1 is 1.04 bits per heavy atom. The predicted octanol–water partition coefficient (Wildman–Crippen LogP) is 2.14. The highest BCUT2D eigenvalue weighted by atomic mass is 16.5. The van der Waals surface area contributed by atoms with Crippen LogP contribution in [0.5, 0.6) is 0 Å². The Labute approximate surface area is 157 Å². The number of para-hydroxylation sites is 1. The molecule has 3 N–H and O–H groups in total. The second-order valence-corrected chi connectivity index (χ2v) is 6.19. The lowest BCUT2D eigenvalue weighted by Gasteiger charge is -2.20. The molecule has 1 aromatic heterocycles. The Hall–Kier alpha value is -3.25. The number of fused-ring (bicyclic) bond motifs is 1. The maximum absolute atomic E-state index is 12.6. The van der Waals surface area contributed by atoms with Crippen molar-refractivity contribution in [2.24, 2.45) is 5.73 Å². The molecule has 27 heavy (non-hydrogen) atoms. The van der Waals surface area contributed by atoms with Crippen LogP contribution in [-0.4, -0.2) is 29.9 Å². The Balaban J connectivity index is 1.76. The number of primary amides is 1. The summed E-state index contributed by atoms with van der Waals surface area (Å²) < 4.78 is 5.31. The third-order valence-electron chi connectivity index (χ3n) is 4.31. The van der Waals surface area contributed by atoms with Gasteiger partial charge in [0.2, 0.25) is 5.91 Å². The average molecular weight is 363 g/mol. The van der Waals surface area contributed by atoms with Crippen molar-refractivity contribution in [3.8, 4) is 0 Å². The van der Waals surface area contributed by atoms with Crippen LogP contribution in [0, 0.1) is 0 Å². The summed E-state index contributed by atoms with van der Waals surface area (Å²) in [5, 5.41) is 3.69. The van der Waals surface area contributed by atoms with Crippen LogP contribution in [0.1, 0.15) is 17.4 Å². The molecule has 2 aromatic carbocycles. The van der Waals surface area contributed by atoms with E-state index in [0.717, 1.165) is 10.9 Å². The number of rotatable bonds is 7. The number of carbonyl (C=O) groups is 2. The molecule has 2 atom stereocenters. The number of carbonyl (C=O) groups excluding carboxylic acids is 2. The van der Waals surface area contributed by atoms with Gasteiger partial charge in [0.05, 0.1) is 5.52 Å². The summed E-state index contributed by atoms with van der Waals surface area (Å²) in [6.07, 6.45) is -0.616. The summed E-state index contributed by atoms with van der Waals surface area (Å²) in [5.74, 6) is -1.05. The van der Waals surface area contributed by atoms with Gasteiger partial charge in [-0.2, -0.15) is 0 Å². The first-order valence-electron chi connectivity index (χ1n) is 8.60. The van der Waals surface area contributed by atoms with E-state index in [-0.39, 0.29) is 6.42 Å². The normalized spacial score (nSPS) is 13.1. The molecule has 6 heteroatoms. The Morgan fingerprint density at radius 3 is 2.44 bits per heavy atom. The van der Waals surface area contributed by atoms with Crippen LogP contribution in [0.15, 0.2) is 66.7 Å². The molecule has 0 radical (unpaired) electrons. The Morgan fingerprint density at radius 2 is 1.74 bits per heavy atom. The number of amides is 2. The number of nitrogens with two attached hydrogens (primary N) is 1. The highest BCUT2D eigenvalue weighted by molar-refractivity contribution is 5.89. The Kier molecular flexibility index (Phi) is 5.78. The maximum atomic E-state index is 12.6. The number of hydrogen-bond donors (Lipinski definition) is 2. The van der Waals surface area contributed by atoms with E-state index in [0.29, 0.717) is 11.3 Å². The minimum Gasteiger partial charge on any atom is -0.368 e. The fraction of sp³-hybridized carbons (Fsp3) is 0.190. The number of pyridine rings is 1. The number of methoxy groups -OCH3 is 1. The first-order valence-corrected chi connectivity index (χ1v) is 8.60. The minimum absolute atomic E-state index is 0.205. The lowest BCUT2D eigenvalue weighted by molar-refractivity contribution is -0.134. The van der Waals surface area contributed by atoms with Crippen molar-refractivity contribution >= 4 is 22.7 Å². The molecule has 0 spiro atoms. The fourth-order valence-corrected chi connectivity index (χ4v) is 2.92. The van der Waals surface area contributed by atoms with Gasteiger partial charge in [-0.3, -0.25) is 14.6 Å². The smallest absolute Gasteiger partial charge is 0.254 e. The van der Waals surface area contributed by atoms with Crippen LogP contribution < -0.4 is 11.1 Å². The van der Waals surface area contributed by atoms with E-state index in [9.17, 15) is 9.59 Å². The molecular formula is C21H21N3O3. The van der Waals surface area contributed by atoms with Crippen LogP contribution in [0.4, 0.5) is 0 Å². The van der Waals surface area contributed by atoms with Crippen LogP contribution in [0.25, 0.3) is 10.9 Å². The molecule has 138 valence electrons. The van der Waals surface area contributed by atoms with Crippen molar-refractivity contribution in [2.75, 3.05) is 7.11 Å². The van der Waals surface area contributed by atoms with Gasteiger partial charge >= 0.3 is 0 Å². The summed E-state index contributed by atoms with van der Waals surface area (Å²) in [6, 6.07) is 19.6. The van der Waals surface area contributed by atoms with E-state index < -0.39 is 24.0 Å². The lowest BCUT2D eigenvalue weighted by Crippen LogP contribution is -2.47. The standard InChI is InChI=1S/C21H21N3O3/c1-27-19(15-8-3-2-4-9-15)21(26)24-18(20(22)25)13-16-12-11-14-7-5-6-10-17(14)23-16/h2-12,18-19H,13H2,1H3,(H2,22,25)(H,24,26)/t18-,19-/m0/s1. The van der Waals surface area contributed by atoms with Crippen LogP contribution >= 0.6 is 0 Å². The molecule has 0 saturated carbocycles. The average Bonchev–Trinajstić information content (AvgIpc) is 2.68. The predicted molar refractivity (Wildman–Crippen MR) is 103 cm³/mol. The van der Waals surface area contributed by atoms with E-state index in [2.05, 4.69) is 10.3 Å². The van der Waals surface area contributed by atoms with Crippen molar-refractivity contribution in [1.29, 1.82) is 0 Å². The number of nitrogens with one attached hydrogen (secondary N) is 1. The first kappa shape index (κ1) is 18.5. The molecule has 6 nitrogen and oxygen atoms in total. The molecular weight excluding hydrogens is 342 g/mol. The van der Waals surface area contributed by atoms with E-state index in [1.165, 1.54) is 7.11 Å². The molecule has 3 rings (SSSR count). The highest BCUT2D eigenvalue weighted by Crippen LogP contribution is 2.17. The fourth-order valence-electron chi connectivity index (χ4n) is 2.92. The van der Waals surface area contributed by atoms with E-state index in [1.807, 2.05) is 54.6 Å². The van der Waals surface area contributed by atoms with Gasteiger partial charge in [0, 0.05) is 24.6 Å². The molecule has 0 aliphatic heterocycles. The molecule has 0 saturated heterocycles. The summed E-state index contributed by atoms with van der Waals surface area (Å²) in [6.45, 7) is 0. The van der Waals surface area contributed by atoms with E-state index >= 15 is 0 Å². The third-order valence-corrected chi connectivity index (χ3v) is 4.31. The zero-order chi connectivity index (χ0) is 19.2. The zero-order valence-electron chi connectivity index (χ0n) is 15.0. The molecule has 0 fully saturated rings. The third kappa shape index (κ3) is 4.48. The van der Waals surface area contributed by atoms with Crippen LogP contribution in [0.3, 0.4) is 0 Å². The van der Waals surface area contributed by atoms with E-state index in [1.54, 1.807) is 12.1 Å². The highest BCUT2D eigenvalue weighted by Gasteiger charge is 2.25. The van der Waals surface area contributed by atoms with Crippen molar-refractivity contribution in [3.63, 3.8) is 0 Å². The number of ether oxygens (including phenoxy) is 1. The summed E-state index contributed by atoms with van der Waals surface area (Å²) >= 11 is 0. The van der Waals surface area contributed by atoms with Gasteiger partial charge in [0.15, 0.2) is 6.10 Å². The Bertz CT molecular complexity index is 944. The SMILES string of the molecule is CO[C@H](C(=O)N[C@@H](Cc1ccc2ccccc2n1)C(N)=O)c1ccccc1. The first-order chi connectivity index (χ1) is 13.1. The second-order valence-electron chi connectivity index (χ2n) is 6.19. The number of aromatic nitrogens is 1. The molecule has 0 bridgehead atoms. The van der Waals surface area contributed by atoms with Gasteiger partial charge in [-0.15, -0.1) is 0 Å². The van der Waals surface area contributed by atoms with Gasteiger partial charge in [0.25, 0.3) is 5.91 Å². The monoisotopic (exact) mass is 363 g/mol. The molecule has 0 aliphatic carbocycles. The zero-order valence-corrected chi connectivity index (χ0v) is 15.0. The van der Waals surface area contributed by atoms with Crippen molar-refractivity contribution in [3.05, 3.63) is 78.0 Å². The van der Waals surface area contributed by atoms with Crippen LogP contribution in [-0.2, 0) is 20.7 Å². The van der Waals surface area contributed by atoms with Gasteiger partial charge in [-0.25, -0.2) is 0 Å². The largest absolute Gasteiger partial charge is 0.368 e. The second kappa shape index (κ2) is 8.42. The van der Waals surface area contributed by atoms with Crippen LogP contribution in [0.2, 0.25) is 0 Å². The topological polar surface area (TPSA) is 94.3 Å². The molecule has 0 unspecified atom stereocenters. The molecule has 1 heterocycles. The summed E-state index contributed by atoms with van der Waals surface area (Å²) in [5.41, 5.74) is 7.70. The molecule has 0 aliphatic rings. The van der Waals surface area contributed by atoms with Gasteiger partial charge in [-0.1, -0.05) is 54.6 Å². The summed E-state index contributed by atoms with van der Waals surface area (Å²) in [4.78, 5) is 29.1. The summed E-state index contributed by atoms with van der Waals surface area (Å²) in [7, 11) is 1.45. The quantitative estimate of drug-likeness (QED) is 0.672. The molecule has 2 amide bonds. The van der Waals surface area contributed by atoms with Gasteiger partial charge in [0.1, 0.15) is 6.04 Å². The number of hydrogen-bond acceptors (Lipinski definition) is 4. The van der Waals surface area contributed by atoms with Gasteiger partial charge < -0.3 is 15.8 Å². The van der Waals surface area contributed by atoms with E-state index in [4.69, 9.17) is 10.5 Å². The number of nitrogens with zero attached hydrogens (tertiary/aromatic N) is 1. The van der Waals surface area contributed by atoms with Crippen molar-refractivity contribution in [2.45, 2.75) is 18.6 Å².